The number of rotatable bonds is 4. The van der Waals surface area contributed by atoms with Gasteiger partial charge in [-0.05, 0) is 54.4 Å². The Morgan fingerprint density at radius 2 is 1.96 bits per heavy atom. The van der Waals surface area contributed by atoms with Crippen LogP contribution in [0.4, 0.5) is 4.39 Å². The van der Waals surface area contributed by atoms with Crippen molar-refractivity contribution in [1.82, 2.24) is 5.32 Å². The van der Waals surface area contributed by atoms with E-state index >= 15 is 0 Å². The van der Waals surface area contributed by atoms with Gasteiger partial charge in [0.25, 0.3) is 0 Å². The minimum atomic E-state index is -3.76. The molecular weight excluding hydrogens is 385 g/mol. The van der Waals surface area contributed by atoms with Crippen LogP contribution in [0.25, 0.3) is 0 Å². The number of halogens is 2. The zero-order chi connectivity index (χ0) is 18.0. The van der Waals surface area contributed by atoms with Gasteiger partial charge >= 0.3 is 0 Å². The first-order valence-electron chi connectivity index (χ1n) is 7.55. The van der Waals surface area contributed by atoms with Crippen LogP contribution in [-0.2, 0) is 14.6 Å². The molecule has 2 aromatic carbocycles. The van der Waals surface area contributed by atoms with E-state index in [0.29, 0.717) is 17.0 Å². The number of fused-ring (bicyclic) bond motifs is 1. The molecule has 0 saturated heterocycles. The van der Waals surface area contributed by atoms with Crippen LogP contribution in [-0.4, -0.2) is 25.8 Å². The largest absolute Gasteiger partial charge is 0.348 e. The van der Waals surface area contributed by atoms with E-state index in [4.69, 9.17) is 11.6 Å². The maximum absolute atomic E-state index is 13.5. The van der Waals surface area contributed by atoms with Gasteiger partial charge in [0, 0.05) is 15.7 Å². The second-order valence-corrected chi connectivity index (χ2v) is 9.22. The van der Waals surface area contributed by atoms with Crippen LogP contribution in [0.15, 0.2) is 52.3 Å². The molecule has 1 amide bonds. The van der Waals surface area contributed by atoms with Crippen molar-refractivity contribution >= 4 is 39.1 Å². The summed E-state index contributed by atoms with van der Waals surface area (Å²) in [6, 6.07) is 9.71. The Morgan fingerprint density at radius 3 is 2.68 bits per heavy atom. The Labute approximate surface area is 154 Å². The molecule has 1 atom stereocenters. The highest BCUT2D eigenvalue weighted by Crippen LogP contribution is 2.36. The number of thioether (sulfide) groups is 1. The third-order valence-corrected chi connectivity index (χ3v) is 6.85. The summed E-state index contributed by atoms with van der Waals surface area (Å²) in [6.07, 6.45) is 0.619. The molecule has 0 saturated carbocycles. The molecule has 132 valence electrons. The number of carbonyl (C=O) groups excluding carboxylic acids is 1. The summed E-state index contributed by atoms with van der Waals surface area (Å²) >= 11 is 7.34. The minimum Gasteiger partial charge on any atom is -0.348 e. The first-order valence-corrected chi connectivity index (χ1v) is 10.6. The summed E-state index contributed by atoms with van der Waals surface area (Å²) in [5.41, 5.74) is 0.688. The average Bonchev–Trinajstić information content (AvgIpc) is 2.55. The predicted octanol–water partition coefficient (Wildman–Crippen LogP) is 3.61. The van der Waals surface area contributed by atoms with E-state index in [2.05, 4.69) is 5.32 Å². The summed E-state index contributed by atoms with van der Waals surface area (Å²) in [5, 5.41) is 3.13. The predicted molar refractivity (Wildman–Crippen MR) is 96.1 cm³/mol. The fourth-order valence-electron chi connectivity index (χ4n) is 2.65. The summed E-state index contributed by atoms with van der Waals surface area (Å²) in [7, 11) is -3.76. The van der Waals surface area contributed by atoms with Gasteiger partial charge in [0.15, 0.2) is 9.84 Å². The normalized spacial score (nSPS) is 17.0. The number of hydrogen-bond acceptors (Lipinski definition) is 4. The smallest absolute Gasteiger partial charge is 0.236 e. The Morgan fingerprint density at radius 1 is 1.24 bits per heavy atom. The van der Waals surface area contributed by atoms with E-state index in [0.717, 1.165) is 10.6 Å². The lowest BCUT2D eigenvalue weighted by molar-refractivity contribution is -0.119. The van der Waals surface area contributed by atoms with Crippen molar-refractivity contribution in [3.05, 3.63) is 58.9 Å². The molecule has 1 aliphatic rings. The molecule has 1 N–H and O–H groups in total. The van der Waals surface area contributed by atoms with E-state index in [-0.39, 0.29) is 16.8 Å². The molecule has 0 radical (unpaired) electrons. The maximum atomic E-state index is 13.5. The standard InChI is InChI=1S/C17H15ClFNO3S2/c18-11-1-4-13(5-2-11)25(22,23)10-17(21)20-15-7-8-24-16-6-3-12(19)9-14(15)16/h1-6,9,15H,7-8,10H2,(H,20,21). The Hall–Kier alpha value is -1.57. The molecule has 8 heteroatoms. The van der Waals surface area contributed by atoms with Gasteiger partial charge < -0.3 is 5.32 Å². The van der Waals surface area contributed by atoms with Crippen molar-refractivity contribution in [1.29, 1.82) is 0 Å². The first-order chi connectivity index (χ1) is 11.8. The van der Waals surface area contributed by atoms with Gasteiger partial charge in [0.2, 0.25) is 5.91 Å². The van der Waals surface area contributed by atoms with Crippen LogP contribution in [0.1, 0.15) is 18.0 Å². The van der Waals surface area contributed by atoms with Gasteiger partial charge in [-0.3, -0.25) is 4.79 Å². The van der Waals surface area contributed by atoms with Gasteiger partial charge in [0.05, 0.1) is 10.9 Å². The number of benzene rings is 2. The van der Waals surface area contributed by atoms with E-state index in [9.17, 15) is 17.6 Å². The molecule has 0 fully saturated rings. The molecule has 3 rings (SSSR count). The molecule has 0 bridgehead atoms. The number of nitrogens with one attached hydrogen (secondary N) is 1. The second-order valence-electron chi connectivity index (χ2n) is 5.65. The van der Waals surface area contributed by atoms with Crippen molar-refractivity contribution < 1.29 is 17.6 Å². The molecule has 25 heavy (non-hydrogen) atoms. The van der Waals surface area contributed by atoms with Crippen LogP contribution < -0.4 is 5.32 Å². The lowest BCUT2D eigenvalue weighted by atomic mass is 10.0. The first kappa shape index (κ1) is 18.2. The molecule has 0 aliphatic carbocycles. The van der Waals surface area contributed by atoms with Crippen molar-refractivity contribution in [2.75, 3.05) is 11.5 Å². The van der Waals surface area contributed by atoms with E-state index < -0.39 is 21.5 Å². The maximum Gasteiger partial charge on any atom is 0.236 e. The zero-order valence-corrected chi connectivity index (χ0v) is 15.4. The molecule has 1 aliphatic heterocycles. The van der Waals surface area contributed by atoms with Crippen LogP contribution in [0.5, 0.6) is 0 Å². The van der Waals surface area contributed by atoms with E-state index in [1.54, 1.807) is 17.8 Å². The fraction of sp³-hybridized carbons (Fsp3) is 0.235. The van der Waals surface area contributed by atoms with Crippen molar-refractivity contribution in [2.45, 2.75) is 22.3 Å². The fourth-order valence-corrected chi connectivity index (χ4v) is 5.03. The van der Waals surface area contributed by atoms with Gasteiger partial charge in [0.1, 0.15) is 11.6 Å². The highest BCUT2D eigenvalue weighted by molar-refractivity contribution is 7.99. The van der Waals surface area contributed by atoms with Crippen LogP contribution in [0.2, 0.25) is 5.02 Å². The Balaban J connectivity index is 1.73. The third-order valence-electron chi connectivity index (χ3n) is 3.84. The molecule has 0 spiro atoms. The van der Waals surface area contributed by atoms with E-state index in [1.165, 1.54) is 36.4 Å². The van der Waals surface area contributed by atoms with Crippen LogP contribution in [0, 0.1) is 5.82 Å². The lowest BCUT2D eigenvalue weighted by Crippen LogP contribution is -2.35. The summed E-state index contributed by atoms with van der Waals surface area (Å²) in [5.74, 6) is -0.882. The van der Waals surface area contributed by atoms with Gasteiger partial charge in [-0.15, -0.1) is 11.8 Å². The number of carbonyl (C=O) groups is 1. The monoisotopic (exact) mass is 399 g/mol. The zero-order valence-electron chi connectivity index (χ0n) is 13.0. The van der Waals surface area contributed by atoms with Crippen molar-refractivity contribution in [3.8, 4) is 0 Å². The quantitative estimate of drug-likeness (QED) is 0.853. The Kier molecular flexibility index (Phi) is 5.36. The average molecular weight is 400 g/mol. The molecular formula is C17H15ClFNO3S2. The highest BCUT2D eigenvalue weighted by atomic mass is 35.5. The topological polar surface area (TPSA) is 63.2 Å². The van der Waals surface area contributed by atoms with E-state index in [1.807, 2.05) is 0 Å². The molecule has 4 nitrogen and oxygen atoms in total. The summed E-state index contributed by atoms with van der Waals surface area (Å²) in [4.78, 5) is 13.2. The lowest BCUT2D eigenvalue weighted by Gasteiger charge is -2.26. The third kappa shape index (κ3) is 4.34. The second kappa shape index (κ2) is 7.35. The van der Waals surface area contributed by atoms with Gasteiger partial charge in [-0.25, -0.2) is 12.8 Å². The minimum absolute atomic E-state index is 0.0395. The van der Waals surface area contributed by atoms with Crippen LogP contribution >= 0.6 is 23.4 Å². The van der Waals surface area contributed by atoms with Gasteiger partial charge in [-0.2, -0.15) is 0 Å². The highest BCUT2D eigenvalue weighted by Gasteiger charge is 2.26. The summed E-state index contributed by atoms with van der Waals surface area (Å²) in [6.45, 7) is 0. The molecule has 1 unspecified atom stereocenters. The van der Waals surface area contributed by atoms with Crippen molar-refractivity contribution in [2.24, 2.45) is 0 Å². The van der Waals surface area contributed by atoms with Crippen molar-refractivity contribution in [3.63, 3.8) is 0 Å². The van der Waals surface area contributed by atoms with Crippen LogP contribution in [0.3, 0.4) is 0 Å². The number of sulfone groups is 1. The molecule has 0 aromatic heterocycles. The molecule has 1 heterocycles. The van der Waals surface area contributed by atoms with Gasteiger partial charge in [-0.1, -0.05) is 11.6 Å². The summed E-state index contributed by atoms with van der Waals surface area (Å²) < 4.78 is 38.2. The number of hydrogen-bond donors (Lipinski definition) is 1. The SMILES string of the molecule is O=C(CS(=O)(=O)c1ccc(Cl)cc1)NC1CCSc2ccc(F)cc21. The molecule has 2 aromatic rings. The Bertz CT molecular complexity index is 901. The number of amides is 1.